The van der Waals surface area contributed by atoms with E-state index in [1.807, 2.05) is 18.4 Å². The molecule has 0 aromatic carbocycles. The van der Waals surface area contributed by atoms with E-state index in [2.05, 4.69) is 14.7 Å². The van der Waals surface area contributed by atoms with Crippen molar-refractivity contribution in [2.45, 2.75) is 17.7 Å². The van der Waals surface area contributed by atoms with E-state index in [0.717, 1.165) is 5.01 Å². The molecular weight excluding hydrogens is 296 g/mol. The summed E-state index contributed by atoms with van der Waals surface area (Å²) in [4.78, 5) is 7.94. The maximum absolute atomic E-state index is 12.1. The number of rotatable bonds is 5. The SMILES string of the molecule is CC(CNS(=O)(=O)c1ccc(C#N)nc1)c1nccs1. The Morgan fingerprint density at radius 2 is 2.25 bits per heavy atom. The highest BCUT2D eigenvalue weighted by atomic mass is 32.2. The van der Waals surface area contributed by atoms with E-state index < -0.39 is 10.0 Å². The number of nitrogens with one attached hydrogen (secondary N) is 1. The van der Waals surface area contributed by atoms with Crippen molar-refractivity contribution in [3.05, 3.63) is 40.6 Å². The van der Waals surface area contributed by atoms with Crippen LogP contribution in [0.15, 0.2) is 34.8 Å². The fourth-order valence-electron chi connectivity index (χ4n) is 1.49. The first kappa shape index (κ1) is 14.6. The van der Waals surface area contributed by atoms with Crippen LogP contribution >= 0.6 is 11.3 Å². The van der Waals surface area contributed by atoms with Crippen LogP contribution in [0.5, 0.6) is 0 Å². The van der Waals surface area contributed by atoms with Gasteiger partial charge in [0, 0.05) is 30.2 Å². The number of nitriles is 1. The Kier molecular flexibility index (Phi) is 4.44. The Bertz CT molecular complexity index is 703. The lowest BCUT2D eigenvalue weighted by Gasteiger charge is -2.10. The highest BCUT2D eigenvalue weighted by Gasteiger charge is 2.17. The largest absolute Gasteiger partial charge is 0.249 e. The summed E-state index contributed by atoms with van der Waals surface area (Å²) in [6, 6.07) is 4.58. The molecular formula is C12H12N4O2S2. The molecule has 2 heterocycles. The van der Waals surface area contributed by atoms with Crippen molar-refractivity contribution >= 4 is 21.4 Å². The summed E-state index contributed by atoms with van der Waals surface area (Å²) in [5.74, 6) is -0.00360. The van der Waals surface area contributed by atoms with Crippen LogP contribution < -0.4 is 4.72 Å². The van der Waals surface area contributed by atoms with Crippen molar-refractivity contribution < 1.29 is 8.42 Å². The molecule has 104 valence electrons. The molecule has 0 fully saturated rings. The van der Waals surface area contributed by atoms with Crippen molar-refractivity contribution in [1.82, 2.24) is 14.7 Å². The maximum atomic E-state index is 12.1. The molecule has 2 rings (SSSR count). The van der Waals surface area contributed by atoms with Crippen molar-refractivity contribution in [3.63, 3.8) is 0 Å². The quantitative estimate of drug-likeness (QED) is 0.903. The van der Waals surface area contributed by atoms with Gasteiger partial charge in [0.15, 0.2) is 0 Å². The number of aromatic nitrogens is 2. The van der Waals surface area contributed by atoms with Gasteiger partial charge in [0.1, 0.15) is 16.7 Å². The summed E-state index contributed by atoms with van der Waals surface area (Å²) in [5.41, 5.74) is 0.181. The Labute approximate surface area is 121 Å². The lowest BCUT2D eigenvalue weighted by Crippen LogP contribution is -2.27. The predicted molar refractivity (Wildman–Crippen MR) is 74.7 cm³/mol. The minimum Gasteiger partial charge on any atom is -0.249 e. The van der Waals surface area contributed by atoms with E-state index in [0.29, 0.717) is 0 Å². The number of hydrogen-bond donors (Lipinski definition) is 1. The molecule has 2 aromatic heterocycles. The van der Waals surface area contributed by atoms with Gasteiger partial charge < -0.3 is 0 Å². The molecule has 0 bridgehead atoms. The normalized spacial score (nSPS) is 12.8. The third-order valence-corrected chi connectivity index (χ3v) is 5.03. The summed E-state index contributed by atoms with van der Waals surface area (Å²) < 4.78 is 26.6. The van der Waals surface area contributed by atoms with Gasteiger partial charge in [0.2, 0.25) is 10.0 Å². The Morgan fingerprint density at radius 3 is 2.80 bits per heavy atom. The number of nitrogens with zero attached hydrogens (tertiary/aromatic N) is 3. The van der Waals surface area contributed by atoms with Gasteiger partial charge in [0.25, 0.3) is 0 Å². The van der Waals surface area contributed by atoms with Crippen molar-refractivity contribution in [3.8, 4) is 6.07 Å². The minimum atomic E-state index is -3.62. The number of hydrogen-bond acceptors (Lipinski definition) is 6. The second-order valence-corrected chi connectivity index (χ2v) is 6.81. The molecule has 6 nitrogen and oxygen atoms in total. The third-order valence-electron chi connectivity index (χ3n) is 2.61. The molecule has 2 aromatic rings. The third kappa shape index (κ3) is 3.39. The molecule has 0 saturated carbocycles. The van der Waals surface area contributed by atoms with E-state index in [4.69, 9.17) is 5.26 Å². The molecule has 8 heteroatoms. The van der Waals surface area contributed by atoms with Crippen LogP contribution in [0.2, 0.25) is 0 Å². The minimum absolute atomic E-state index is 0.00360. The first-order chi connectivity index (χ1) is 9.53. The lowest BCUT2D eigenvalue weighted by molar-refractivity contribution is 0.574. The van der Waals surface area contributed by atoms with E-state index >= 15 is 0 Å². The topological polar surface area (TPSA) is 95.7 Å². The summed E-state index contributed by atoms with van der Waals surface area (Å²) >= 11 is 1.49. The van der Waals surface area contributed by atoms with Crippen molar-refractivity contribution in [2.24, 2.45) is 0 Å². The summed E-state index contributed by atoms with van der Waals surface area (Å²) in [5, 5.41) is 11.4. The van der Waals surface area contributed by atoms with E-state index in [1.165, 1.54) is 29.7 Å². The average molecular weight is 308 g/mol. The van der Waals surface area contributed by atoms with Gasteiger partial charge in [0.05, 0.1) is 5.01 Å². The van der Waals surface area contributed by atoms with Gasteiger partial charge in [-0.3, -0.25) is 0 Å². The smallest absolute Gasteiger partial charge is 0.242 e. The molecule has 0 aliphatic heterocycles. The summed E-state index contributed by atoms with van der Waals surface area (Å²) in [7, 11) is -3.62. The zero-order valence-corrected chi connectivity index (χ0v) is 12.3. The Hall–Kier alpha value is -1.82. The molecule has 0 spiro atoms. The van der Waals surface area contributed by atoms with E-state index in [9.17, 15) is 8.42 Å². The molecule has 20 heavy (non-hydrogen) atoms. The summed E-state index contributed by atoms with van der Waals surface area (Å²) in [6.07, 6.45) is 2.87. The zero-order valence-electron chi connectivity index (χ0n) is 10.6. The fraction of sp³-hybridized carbons (Fsp3) is 0.250. The molecule has 0 radical (unpaired) electrons. The van der Waals surface area contributed by atoms with Gasteiger partial charge in [-0.2, -0.15) is 5.26 Å². The van der Waals surface area contributed by atoms with Crippen LogP contribution in [0.4, 0.5) is 0 Å². The number of pyridine rings is 1. The highest BCUT2D eigenvalue weighted by molar-refractivity contribution is 7.89. The van der Waals surface area contributed by atoms with Gasteiger partial charge in [-0.1, -0.05) is 6.92 Å². The van der Waals surface area contributed by atoms with Gasteiger partial charge in [-0.15, -0.1) is 11.3 Å². The molecule has 0 aliphatic carbocycles. The fourth-order valence-corrected chi connectivity index (χ4v) is 3.26. The lowest BCUT2D eigenvalue weighted by atomic mass is 10.2. The van der Waals surface area contributed by atoms with E-state index in [-0.39, 0.29) is 23.1 Å². The predicted octanol–water partition coefficient (Wildman–Crippen LogP) is 1.49. The Balaban J connectivity index is 2.05. The second-order valence-electron chi connectivity index (χ2n) is 4.11. The maximum Gasteiger partial charge on any atom is 0.242 e. The molecule has 0 amide bonds. The van der Waals surface area contributed by atoms with Gasteiger partial charge in [-0.25, -0.2) is 23.1 Å². The molecule has 1 N–H and O–H groups in total. The van der Waals surface area contributed by atoms with Crippen molar-refractivity contribution in [2.75, 3.05) is 6.54 Å². The van der Waals surface area contributed by atoms with Crippen LogP contribution in [-0.4, -0.2) is 24.9 Å². The van der Waals surface area contributed by atoms with Crippen LogP contribution in [0.3, 0.4) is 0 Å². The van der Waals surface area contributed by atoms with Crippen molar-refractivity contribution in [1.29, 1.82) is 5.26 Å². The molecule has 1 unspecified atom stereocenters. The number of thiazole rings is 1. The Morgan fingerprint density at radius 1 is 1.45 bits per heavy atom. The first-order valence-corrected chi connectivity index (χ1v) is 8.14. The first-order valence-electron chi connectivity index (χ1n) is 5.78. The molecule has 1 atom stereocenters. The number of sulfonamides is 1. The molecule has 0 aliphatic rings. The molecule has 0 saturated heterocycles. The standard InChI is InChI=1S/C12H12N4O2S2/c1-9(12-14-4-5-19-12)7-16-20(17,18)11-3-2-10(6-13)15-8-11/h2-5,8-9,16H,7H2,1H3. The van der Waals surface area contributed by atoms with Gasteiger partial charge >= 0.3 is 0 Å². The summed E-state index contributed by atoms with van der Waals surface area (Å²) in [6.45, 7) is 2.16. The van der Waals surface area contributed by atoms with Crippen LogP contribution in [0.25, 0.3) is 0 Å². The van der Waals surface area contributed by atoms with Crippen LogP contribution in [0.1, 0.15) is 23.5 Å². The average Bonchev–Trinajstić information content (AvgIpc) is 2.99. The monoisotopic (exact) mass is 308 g/mol. The highest BCUT2D eigenvalue weighted by Crippen LogP contribution is 2.17. The zero-order chi connectivity index (χ0) is 14.6. The van der Waals surface area contributed by atoms with Crippen LogP contribution in [0, 0.1) is 11.3 Å². The van der Waals surface area contributed by atoms with Crippen LogP contribution in [-0.2, 0) is 10.0 Å². The van der Waals surface area contributed by atoms with E-state index in [1.54, 1.807) is 6.20 Å². The second kappa shape index (κ2) is 6.09. The van der Waals surface area contributed by atoms with Gasteiger partial charge in [-0.05, 0) is 12.1 Å².